The Morgan fingerprint density at radius 1 is 0.968 bits per heavy atom. The van der Waals surface area contributed by atoms with E-state index in [2.05, 4.69) is 0 Å². The van der Waals surface area contributed by atoms with E-state index < -0.39 is 40.1 Å². The number of carbonyl (C=O) groups excluding carboxylic acids is 2. The number of nitrogens with two attached hydrogens (primary N) is 1. The minimum absolute atomic E-state index is 0.279. The third-order valence-electron chi connectivity index (χ3n) is 4.64. The van der Waals surface area contributed by atoms with Crippen LogP contribution in [0.15, 0.2) is 77.7 Å². The van der Waals surface area contributed by atoms with Gasteiger partial charge in [0.15, 0.2) is 0 Å². The second-order valence-corrected chi connectivity index (χ2v) is 6.89. The molecule has 0 atom stereocenters. The fourth-order valence-electron chi connectivity index (χ4n) is 3.10. The van der Waals surface area contributed by atoms with Crippen molar-refractivity contribution >= 4 is 17.5 Å². The average molecular weight is 420 g/mol. The van der Waals surface area contributed by atoms with Crippen molar-refractivity contribution in [2.75, 3.05) is 0 Å². The van der Waals surface area contributed by atoms with Gasteiger partial charge in [-0.3, -0.25) is 29.1 Å². The highest BCUT2D eigenvalue weighted by Gasteiger charge is 2.21. The van der Waals surface area contributed by atoms with Gasteiger partial charge >= 0.3 is 0 Å². The molecule has 9 nitrogen and oxygen atoms in total. The van der Waals surface area contributed by atoms with Crippen LogP contribution in [0.4, 0.5) is 5.69 Å². The van der Waals surface area contributed by atoms with E-state index in [4.69, 9.17) is 5.73 Å². The molecule has 0 unspecified atom stereocenters. The average Bonchev–Trinajstić information content (AvgIpc) is 2.75. The lowest BCUT2D eigenvalue weighted by atomic mass is 10.1. The zero-order valence-corrected chi connectivity index (χ0v) is 16.5. The molecule has 0 fully saturated rings. The lowest BCUT2D eigenvalue weighted by Crippen LogP contribution is -2.37. The van der Waals surface area contributed by atoms with E-state index in [1.54, 1.807) is 4.90 Å². The van der Waals surface area contributed by atoms with Gasteiger partial charge in [-0.05, 0) is 11.1 Å². The first-order chi connectivity index (χ1) is 14.8. The molecule has 0 aliphatic heterocycles. The molecule has 2 amide bonds. The maximum Gasteiger partial charge on any atom is 0.286 e. The predicted molar refractivity (Wildman–Crippen MR) is 113 cm³/mol. The molecule has 2 aromatic carbocycles. The number of pyridine rings is 1. The van der Waals surface area contributed by atoms with Gasteiger partial charge in [-0.2, -0.15) is 0 Å². The van der Waals surface area contributed by atoms with Crippen molar-refractivity contribution in [3.63, 3.8) is 0 Å². The number of nitro groups is 1. The van der Waals surface area contributed by atoms with E-state index >= 15 is 0 Å². The van der Waals surface area contributed by atoms with Gasteiger partial charge in [-0.25, -0.2) is 0 Å². The zero-order valence-electron chi connectivity index (χ0n) is 16.5. The Hall–Kier alpha value is -4.27. The summed E-state index contributed by atoms with van der Waals surface area (Å²) < 4.78 is 0.851. The summed E-state index contributed by atoms with van der Waals surface area (Å²) in [5.41, 5.74) is 5.05. The van der Waals surface area contributed by atoms with E-state index in [0.29, 0.717) is 0 Å². The number of primary amides is 1. The number of hydrogen-bond donors (Lipinski definition) is 1. The monoisotopic (exact) mass is 420 g/mol. The van der Waals surface area contributed by atoms with E-state index in [1.165, 1.54) is 0 Å². The third kappa shape index (κ3) is 5.41. The lowest BCUT2D eigenvalue weighted by Gasteiger charge is -2.23. The molecule has 0 aliphatic carbocycles. The van der Waals surface area contributed by atoms with Gasteiger partial charge < -0.3 is 10.6 Å². The Morgan fingerprint density at radius 3 is 1.94 bits per heavy atom. The third-order valence-corrected chi connectivity index (χ3v) is 4.64. The molecule has 0 aliphatic rings. The number of carbonyl (C=O) groups is 2. The van der Waals surface area contributed by atoms with E-state index in [0.717, 1.165) is 28.0 Å². The number of nitrogens with zero attached hydrogens (tertiary/aromatic N) is 3. The standard InChI is InChI=1S/C22H20N4O5/c23-21(28)19-11-18(26(30)31)14-25(22(19)29)15-20(27)24(12-16-7-3-1-4-8-16)13-17-9-5-2-6-10-17/h1-11,14H,12-13,15H2,(H2,23,28). The summed E-state index contributed by atoms with van der Waals surface area (Å²) in [6.45, 7) is 0.0856. The first-order valence-electron chi connectivity index (χ1n) is 9.39. The second-order valence-electron chi connectivity index (χ2n) is 6.89. The molecular formula is C22H20N4O5. The molecule has 0 bridgehead atoms. The van der Waals surface area contributed by atoms with Crippen molar-refractivity contribution < 1.29 is 14.5 Å². The summed E-state index contributed by atoms with van der Waals surface area (Å²) in [6.07, 6.45) is 0.940. The van der Waals surface area contributed by atoms with E-state index in [-0.39, 0.29) is 13.1 Å². The number of benzene rings is 2. The van der Waals surface area contributed by atoms with Gasteiger partial charge in [-0.15, -0.1) is 0 Å². The van der Waals surface area contributed by atoms with Gasteiger partial charge in [0.05, 0.1) is 11.1 Å². The van der Waals surface area contributed by atoms with Gasteiger partial charge in [0.25, 0.3) is 17.2 Å². The molecular weight excluding hydrogens is 400 g/mol. The molecule has 3 rings (SSSR count). The van der Waals surface area contributed by atoms with Crippen molar-refractivity contribution in [1.29, 1.82) is 0 Å². The highest BCUT2D eigenvalue weighted by Crippen LogP contribution is 2.13. The van der Waals surface area contributed by atoms with Crippen molar-refractivity contribution in [3.8, 4) is 0 Å². The quantitative estimate of drug-likeness (QED) is 0.441. The fraction of sp³-hybridized carbons (Fsp3) is 0.136. The SMILES string of the molecule is NC(=O)c1cc([N+](=O)[O-])cn(CC(=O)N(Cc2ccccc2)Cc2ccccc2)c1=O. The topological polar surface area (TPSA) is 129 Å². The van der Waals surface area contributed by atoms with Crippen LogP contribution in [-0.4, -0.2) is 26.2 Å². The fourth-order valence-corrected chi connectivity index (χ4v) is 3.10. The molecule has 31 heavy (non-hydrogen) atoms. The Balaban J connectivity index is 1.93. The number of amides is 2. The molecule has 9 heteroatoms. The molecule has 1 aromatic heterocycles. The highest BCUT2D eigenvalue weighted by atomic mass is 16.6. The van der Waals surface area contributed by atoms with Crippen molar-refractivity contribution in [3.05, 3.63) is 110 Å². The van der Waals surface area contributed by atoms with Crippen LogP contribution in [-0.2, 0) is 24.4 Å². The molecule has 0 saturated carbocycles. The summed E-state index contributed by atoms with van der Waals surface area (Å²) in [6, 6.07) is 19.4. The molecule has 0 radical (unpaired) electrons. The Kier molecular flexibility index (Phi) is 6.56. The predicted octanol–water partition coefficient (Wildman–Crippen LogP) is 2.08. The zero-order chi connectivity index (χ0) is 22.4. The van der Waals surface area contributed by atoms with Gasteiger partial charge in [0, 0.05) is 19.2 Å². The summed E-state index contributed by atoms with van der Waals surface area (Å²) in [4.78, 5) is 49.2. The highest BCUT2D eigenvalue weighted by molar-refractivity contribution is 5.93. The first kappa shape index (κ1) is 21.4. The van der Waals surface area contributed by atoms with Crippen LogP contribution in [0.5, 0.6) is 0 Å². The normalized spacial score (nSPS) is 10.5. The molecule has 1 heterocycles. The Labute approximate surface area is 177 Å². The number of aromatic nitrogens is 1. The van der Waals surface area contributed by atoms with Crippen molar-refractivity contribution in [2.45, 2.75) is 19.6 Å². The Bertz CT molecular complexity index is 1120. The van der Waals surface area contributed by atoms with Crippen LogP contribution < -0.4 is 11.3 Å². The molecule has 0 spiro atoms. The maximum atomic E-state index is 13.1. The largest absolute Gasteiger partial charge is 0.365 e. The molecule has 0 saturated heterocycles. The number of hydrogen-bond acceptors (Lipinski definition) is 5. The molecule has 3 aromatic rings. The smallest absolute Gasteiger partial charge is 0.286 e. The van der Waals surface area contributed by atoms with E-state index in [1.807, 2.05) is 60.7 Å². The Morgan fingerprint density at radius 2 is 1.48 bits per heavy atom. The first-order valence-corrected chi connectivity index (χ1v) is 9.39. The second kappa shape index (κ2) is 9.49. The van der Waals surface area contributed by atoms with Crippen LogP contribution in [0.3, 0.4) is 0 Å². The van der Waals surface area contributed by atoms with E-state index in [9.17, 15) is 24.5 Å². The summed E-state index contributed by atoms with van der Waals surface area (Å²) in [5, 5.41) is 11.2. The summed E-state index contributed by atoms with van der Waals surface area (Å²) in [7, 11) is 0. The molecule has 158 valence electrons. The van der Waals surface area contributed by atoms with Crippen molar-refractivity contribution in [1.82, 2.24) is 9.47 Å². The number of rotatable bonds is 8. The van der Waals surface area contributed by atoms with Crippen molar-refractivity contribution in [2.24, 2.45) is 5.73 Å². The summed E-state index contributed by atoms with van der Waals surface area (Å²) in [5.74, 6) is -1.54. The maximum absolute atomic E-state index is 13.1. The minimum Gasteiger partial charge on any atom is -0.365 e. The molecule has 2 N–H and O–H groups in total. The van der Waals surface area contributed by atoms with Crippen LogP contribution in [0.2, 0.25) is 0 Å². The van der Waals surface area contributed by atoms with Crippen LogP contribution >= 0.6 is 0 Å². The lowest BCUT2D eigenvalue weighted by molar-refractivity contribution is -0.385. The van der Waals surface area contributed by atoms with Crippen LogP contribution in [0.25, 0.3) is 0 Å². The van der Waals surface area contributed by atoms with Crippen LogP contribution in [0, 0.1) is 10.1 Å². The van der Waals surface area contributed by atoms with Gasteiger partial charge in [0.2, 0.25) is 5.91 Å². The van der Waals surface area contributed by atoms with Gasteiger partial charge in [-0.1, -0.05) is 60.7 Å². The minimum atomic E-state index is -1.10. The summed E-state index contributed by atoms with van der Waals surface area (Å²) >= 11 is 0. The van der Waals surface area contributed by atoms with Crippen LogP contribution in [0.1, 0.15) is 21.5 Å². The van der Waals surface area contributed by atoms with Gasteiger partial charge in [0.1, 0.15) is 12.1 Å².